The number of piperazine rings is 1. The highest BCUT2D eigenvalue weighted by molar-refractivity contribution is 6.32. The molecule has 0 bridgehead atoms. The molecule has 6 nitrogen and oxygen atoms in total. The zero-order chi connectivity index (χ0) is 14.7. The quantitative estimate of drug-likeness (QED) is 0.834. The lowest BCUT2D eigenvalue weighted by Gasteiger charge is -2.38. The minimum atomic E-state index is 0.0773. The van der Waals surface area contributed by atoms with E-state index in [1.54, 1.807) is 11.1 Å². The summed E-state index contributed by atoms with van der Waals surface area (Å²) in [6.45, 7) is 6.83. The van der Waals surface area contributed by atoms with E-state index < -0.39 is 0 Å². The van der Waals surface area contributed by atoms with Crippen LogP contribution in [0.5, 0.6) is 0 Å². The van der Waals surface area contributed by atoms with Gasteiger partial charge in [-0.1, -0.05) is 11.6 Å². The zero-order valence-electron chi connectivity index (χ0n) is 12.1. The van der Waals surface area contributed by atoms with E-state index in [1.807, 2.05) is 25.8 Å². The van der Waals surface area contributed by atoms with Crippen molar-refractivity contribution in [2.24, 2.45) is 0 Å². The minimum absolute atomic E-state index is 0.0773. The normalized spacial score (nSPS) is 15.7. The van der Waals surface area contributed by atoms with Crippen molar-refractivity contribution in [3.63, 3.8) is 0 Å². The second-order valence-electron chi connectivity index (χ2n) is 5.16. The van der Waals surface area contributed by atoms with Crippen molar-refractivity contribution in [2.75, 3.05) is 38.1 Å². The van der Waals surface area contributed by atoms with E-state index in [1.165, 1.54) is 6.33 Å². The van der Waals surface area contributed by atoms with E-state index in [-0.39, 0.29) is 12.1 Å². The van der Waals surface area contributed by atoms with Gasteiger partial charge < -0.3 is 14.7 Å². The van der Waals surface area contributed by atoms with Crippen LogP contribution < -0.4 is 4.90 Å². The number of urea groups is 1. The van der Waals surface area contributed by atoms with Crippen LogP contribution in [-0.4, -0.2) is 65.1 Å². The Morgan fingerprint density at radius 3 is 2.55 bits per heavy atom. The van der Waals surface area contributed by atoms with Crippen LogP contribution in [-0.2, 0) is 0 Å². The second-order valence-corrected chi connectivity index (χ2v) is 5.56. The minimum Gasteiger partial charge on any atom is -0.352 e. The largest absolute Gasteiger partial charge is 0.352 e. The molecule has 2 amide bonds. The predicted octanol–water partition coefficient (Wildman–Crippen LogP) is 1.71. The number of rotatable bonds is 2. The van der Waals surface area contributed by atoms with Crippen molar-refractivity contribution in [1.29, 1.82) is 0 Å². The van der Waals surface area contributed by atoms with E-state index in [2.05, 4.69) is 14.9 Å². The van der Waals surface area contributed by atoms with E-state index in [9.17, 15) is 4.79 Å². The first-order valence-electron chi connectivity index (χ1n) is 6.73. The summed E-state index contributed by atoms with van der Waals surface area (Å²) in [5, 5.41) is 0.548. The molecule has 0 spiro atoms. The molecule has 1 aromatic rings. The van der Waals surface area contributed by atoms with Gasteiger partial charge in [-0.2, -0.15) is 0 Å². The Labute approximate surface area is 124 Å². The van der Waals surface area contributed by atoms with Gasteiger partial charge >= 0.3 is 6.03 Å². The molecule has 110 valence electrons. The average molecular weight is 298 g/mol. The predicted molar refractivity (Wildman–Crippen MR) is 79.1 cm³/mol. The summed E-state index contributed by atoms with van der Waals surface area (Å²) in [4.78, 5) is 26.0. The van der Waals surface area contributed by atoms with Crippen molar-refractivity contribution in [3.05, 3.63) is 17.5 Å². The van der Waals surface area contributed by atoms with Crippen molar-refractivity contribution in [1.82, 2.24) is 19.8 Å². The summed E-state index contributed by atoms with van der Waals surface area (Å²) >= 11 is 6.09. The molecule has 0 aromatic carbocycles. The van der Waals surface area contributed by atoms with E-state index in [0.717, 1.165) is 18.9 Å². The summed E-state index contributed by atoms with van der Waals surface area (Å²) in [7, 11) is 1.83. The van der Waals surface area contributed by atoms with Gasteiger partial charge in [0.1, 0.15) is 11.3 Å². The Hall–Kier alpha value is -1.56. The molecule has 2 heterocycles. The monoisotopic (exact) mass is 297 g/mol. The van der Waals surface area contributed by atoms with Crippen LogP contribution in [0.15, 0.2) is 12.5 Å². The molecule has 0 saturated carbocycles. The van der Waals surface area contributed by atoms with Crippen molar-refractivity contribution >= 4 is 23.4 Å². The van der Waals surface area contributed by atoms with E-state index in [0.29, 0.717) is 18.1 Å². The number of anilines is 1. The molecular weight excluding hydrogens is 278 g/mol. The molecule has 0 radical (unpaired) electrons. The van der Waals surface area contributed by atoms with Crippen LogP contribution in [0.4, 0.5) is 10.6 Å². The zero-order valence-corrected chi connectivity index (χ0v) is 12.8. The lowest BCUT2D eigenvalue weighted by Crippen LogP contribution is -2.53. The van der Waals surface area contributed by atoms with E-state index in [4.69, 9.17) is 11.6 Å². The van der Waals surface area contributed by atoms with Crippen molar-refractivity contribution in [3.8, 4) is 0 Å². The van der Waals surface area contributed by atoms with Crippen LogP contribution >= 0.6 is 11.6 Å². The lowest BCUT2D eigenvalue weighted by atomic mass is 10.3. The fourth-order valence-corrected chi connectivity index (χ4v) is 2.32. The number of nitrogens with zero attached hydrogens (tertiary/aromatic N) is 5. The number of carbonyl (C=O) groups is 1. The van der Waals surface area contributed by atoms with Gasteiger partial charge in [-0.15, -0.1) is 0 Å². The van der Waals surface area contributed by atoms with Gasteiger partial charge in [-0.05, 0) is 13.8 Å². The number of halogens is 1. The molecule has 1 saturated heterocycles. The fraction of sp³-hybridized carbons (Fsp3) is 0.615. The van der Waals surface area contributed by atoms with Crippen LogP contribution in [0.3, 0.4) is 0 Å². The van der Waals surface area contributed by atoms with Gasteiger partial charge in [0, 0.05) is 39.3 Å². The topological polar surface area (TPSA) is 52.6 Å². The number of hydrogen-bond acceptors (Lipinski definition) is 4. The van der Waals surface area contributed by atoms with Gasteiger partial charge in [-0.25, -0.2) is 14.8 Å². The maximum atomic E-state index is 12.2. The highest BCUT2D eigenvalue weighted by atomic mass is 35.5. The van der Waals surface area contributed by atoms with Crippen LogP contribution in [0.2, 0.25) is 5.02 Å². The van der Waals surface area contributed by atoms with Crippen LogP contribution in [0, 0.1) is 0 Å². The van der Waals surface area contributed by atoms with Gasteiger partial charge in [0.25, 0.3) is 0 Å². The maximum absolute atomic E-state index is 12.2. The highest BCUT2D eigenvalue weighted by Crippen LogP contribution is 2.22. The molecule has 0 aliphatic carbocycles. The summed E-state index contributed by atoms with van der Waals surface area (Å²) in [5.41, 5.74) is 0. The van der Waals surface area contributed by atoms with Gasteiger partial charge in [0.05, 0.1) is 6.20 Å². The Morgan fingerprint density at radius 2 is 2.00 bits per heavy atom. The fourth-order valence-electron chi connectivity index (χ4n) is 2.09. The average Bonchev–Trinajstić information content (AvgIpc) is 2.46. The first kappa shape index (κ1) is 14.8. The highest BCUT2D eigenvalue weighted by Gasteiger charge is 2.25. The SMILES string of the molecule is CC(C)N(C)C(=O)N1CCN(c2ncncc2Cl)CC1. The molecule has 1 fully saturated rings. The number of amides is 2. The molecule has 1 aliphatic rings. The second kappa shape index (κ2) is 6.26. The molecule has 7 heteroatoms. The molecule has 2 rings (SSSR count). The Kier molecular flexibility index (Phi) is 4.65. The Bertz CT molecular complexity index is 474. The number of hydrogen-bond donors (Lipinski definition) is 0. The summed E-state index contributed by atoms with van der Waals surface area (Å²) in [5.74, 6) is 0.742. The first-order chi connectivity index (χ1) is 9.50. The first-order valence-corrected chi connectivity index (χ1v) is 7.10. The molecule has 0 unspecified atom stereocenters. The Morgan fingerprint density at radius 1 is 1.35 bits per heavy atom. The third-order valence-electron chi connectivity index (χ3n) is 3.57. The summed E-state index contributed by atoms with van der Waals surface area (Å²) < 4.78 is 0. The van der Waals surface area contributed by atoms with Crippen molar-refractivity contribution < 1.29 is 4.79 Å². The van der Waals surface area contributed by atoms with Gasteiger partial charge in [0.2, 0.25) is 0 Å². The molecule has 0 atom stereocenters. The van der Waals surface area contributed by atoms with Crippen LogP contribution in [0.1, 0.15) is 13.8 Å². The molecule has 0 N–H and O–H groups in total. The third-order valence-corrected chi connectivity index (χ3v) is 3.84. The molecule has 20 heavy (non-hydrogen) atoms. The Balaban J connectivity index is 1.96. The number of aromatic nitrogens is 2. The number of carbonyl (C=O) groups excluding carboxylic acids is 1. The lowest BCUT2D eigenvalue weighted by molar-refractivity contribution is 0.149. The summed E-state index contributed by atoms with van der Waals surface area (Å²) in [6, 6.07) is 0.283. The molecule has 1 aromatic heterocycles. The van der Waals surface area contributed by atoms with Crippen molar-refractivity contribution in [2.45, 2.75) is 19.9 Å². The van der Waals surface area contributed by atoms with Gasteiger partial charge in [0.15, 0.2) is 5.82 Å². The van der Waals surface area contributed by atoms with E-state index >= 15 is 0 Å². The molecular formula is C13H20ClN5O. The third kappa shape index (κ3) is 3.12. The standard InChI is InChI=1S/C13H20ClN5O/c1-10(2)17(3)13(20)19-6-4-18(5-7-19)12-11(14)8-15-9-16-12/h8-10H,4-7H2,1-3H3. The van der Waals surface area contributed by atoms with Gasteiger partial charge in [-0.3, -0.25) is 0 Å². The summed E-state index contributed by atoms with van der Waals surface area (Å²) in [6.07, 6.45) is 3.08. The molecule has 1 aliphatic heterocycles. The smallest absolute Gasteiger partial charge is 0.320 e. The maximum Gasteiger partial charge on any atom is 0.320 e. The van der Waals surface area contributed by atoms with Crippen LogP contribution in [0.25, 0.3) is 0 Å².